The van der Waals surface area contributed by atoms with E-state index in [0.717, 1.165) is 36.2 Å². The molecule has 1 amide bonds. The minimum absolute atomic E-state index is 0.0505. The van der Waals surface area contributed by atoms with Gasteiger partial charge in [-0.05, 0) is 66.2 Å². The van der Waals surface area contributed by atoms with E-state index in [-0.39, 0.29) is 16.6 Å². The number of carbonyl (C=O) groups is 1. The van der Waals surface area contributed by atoms with Crippen molar-refractivity contribution >= 4 is 38.6 Å². The Bertz CT molecular complexity index is 1190. The fourth-order valence-corrected chi connectivity index (χ4v) is 5.38. The first-order valence-electron chi connectivity index (χ1n) is 9.24. The summed E-state index contributed by atoms with van der Waals surface area (Å²) in [5.74, 6) is -0.692. The first kappa shape index (κ1) is 20.4. The van der Waals surface area contributed by atoms with Gasteiger partial charge >= 0.3 is 0 Å². The van der Waals surface area contributed by atoms with Gasteiger partial charge in [-0.15, -0.1) is 11.3 Å². The summed E-state index contributed by atoms with van der Waals surface area (Å²) in [6.45, 7) is 0.606. The van der Waals surface area contributed by atoms with Crippen LogP contribution in [0.3, 0.4) is 0 Å². The van der Waals surface area contributed by atoms with E-state index in [9.17, 15) is 17.6 Å². The van der Waals surface area contributed by atoms with E-state index in [0.29, 0.717) is 17.1 Å². The molecule has 1 aliphatic heterocycles. The number of fused-ring (bicyclic) bond motifs is 1. The monoisotopic (exact) mass is 446 g/mol. The van der Waals surface area contributed by atoms with E-state index in [4.69, 9.17) is 4.74 Å². The lowest BCUT2D eigenvalue weighted by atomic mass is 10.0. The number of hydrogen-bond acceptors (Lipinski definition) is 5. The Kier molecular flexibility index (Phi) is 5.48. The van der Waals surface area contributed by atoms with Crippen molar-refractivity contribution in [1.82, 2.24) is 0 Å². The van der Waals surface area contributed by atoms with Gasteiger partial charge in [-0.2, -0.15) is 0 Å². The van der Waals surface area contributed by atoms with E-state index in [1.54, 1.807) is 29.2 Å². The van der Waals surface area contributed by atoms with Crippen molar-refractivity contribution in [2.24, 2.45) is 0 Å². The minimum Gasteiger partial charge on any atom is -0.495 e. The summed E-state index contributed by atoms with van der Waals surface area (Å²) in [5.41, 5.74) is 1.98. The third kappa shape index (κ3) is 3.90. The lowest BCUT2D eigenvalue weighted by Gasteiger charge is -2.29. The van der Waals surface area contributed by atoms with Crippen LogP contribution in [-0.2, 0) is 16.4 Å². The molecule has 1 aliphatic rings. The summed E-state index contributed by atoms with van der Waals surface area (Å²) in [5, 5.41) is 1.86. The maximum absolute atomic E-state index is 13.6. The Morgan fingerprint density at radius 1 is 1.20 bits per heavy atom. The van der Waals surface area contributed by atoms with Gasteiger partial charge in [0, 0.05) is 17.9 Å². The highest BCUT2D eigenvalue weighted by Gasteiger charge is 2.26. The van der Waals surface area contributed by atoms with E-state index in [1.807, 2.05) is 11.4 Å². The van der Waals surface area contributed by atoms with Gasteiger partial charge in [-0.1, -0.05) is 6.07 Å². The van der Waals surface area contributed by atoms with Gasteiger partial charge in [0.2, 0.25) is 0 Å². The number of aryl methyl sites for hydroxylation is 1. The molecular weight excluding hydrogens is 427 g/mol. The highest BCUT2D eigenvalue weighted by molar-refractivity contribution is 7.92. The number of methoxy groups -OCH3 is 1. The van der Waals surface area contributed by atoms with Crippen LogP contribution >= 0.6 is 11.3 Å². The smallest absolute Gasteiger partial charge is 0.268 e. The average Bonchev–Trinajstić information content (AvgIpc) is 3.27. The molecule has 2 aromatic carbocycles. The Morgan fingerprint density at radius 2 is 2.03 bits per heavy atom. The molecule has 0 saturated heterocycles. The van der Waals surface area contributed by atoms with Gasteiger partial charge in [0.15, 0.2) is 0 Å². The number of nitrogens with zero attached hydrogens (tertiary/aromatic N) is 1. The molecule has 4 rings (SSSR count). The number of sulfonamides is 1. The normalized spacial score (nSPS) is 13.6. The number of carbonyl (C=O) groups excluding carboxylic acids is 1. The van der Waals surface area contributed by atoms with Gasteiger partial charge in [-0.25, -0.2) is 12.8 Å². The Morgan fingerprint density at radius 3 is 2.77 bits per heavy atom. The lowest BCUT2D eigenvalue weighted by molar-refractivity contribution is 0.0989. The van der Waals surface area contributed by atoms with Gasteiger partial charge in [0.1, 0.15) is 16.5 Å². The number of amides is 1. The van der Waals surface area contributed by atoms with Crippen molar-refractivity contribution in [2.75, 3.05) is 23.3 Å². The molecule has 0 fully saturated rings. The molecule has 0 saturated carbocycles. The maximum Gasteiger partial charge on any atom is 0.268 e. The molecule has 3 aromatic rings. The van der Waals surface area contributed by atoms with Crippen molar-refractivity contribution in [1.29, 1.82) is 0 Å². The predicted molar refractivity (Wildman–Crippen MR) is 115 cm³/mol. The standard InChI is InChI=1S/C21H19FN2O4S2/c1-28-18-9-6-15(22)13-20(18)30(26,27)23-16-7-8-17-14(12-16)4-2-10-24(17)21(25)19-5-3-11-29-19/h3,5-9,11-13,23H,2,4,10H2,1H3. The molecule has 9 heteroatoms. The molecule has 156 valence electrons. The average molecular weight is 447 g/mol. The number of benzene rings is 2. The second-order valence-corrected chi connectivity index (χ2v) is 9.38. The van der Waals surface area contributed by atoms with Crippen LogP contribution in [0.1, 0.15) is 21.7 Å². The fourth-order valence-electron chi connectivity index (χ4n) is 3.48. The zero-order valence-electron chi connectivity index (χ0n) is 16.1. The highest BCUT2D eigenvalue weighted by atomic mass is 32.2. The summed E-state index contributed by atoms with van der Waals surface area (Å²) < 4.78 is 46.8. The number of anilines is 2. The van der Waals surface area contributed by atoms with Crippen LogP contribution in [0.2, 0.25) is 0 Å². The molecule has 6 nitrogen and oxygen atoms in total. The first-order valence-corrected chi connectivity index (χ1v) is 11.6. The molecule has 1 N–H and O–H groups in total. The van der Waals surface area contributed by atoms with Crippen LogP contribution in [0.25, 0.3) is 0 Å². The number of halogens is 1. The largest absolute Gasteiger partial charge is 0.495 e. The summed E-state index contributed by atoms with van der Waals surface area (Å²) in [6.07, 6.45) is 1.50. The second kappa shape index (κ2) is 8.08. The summed E-state index contributed by atoms with van der Waals surface area (Å²) >= 11 is 1.39. The molecule has 30 heavy (non-hydrogen) atoms. The Hall–Kier alpha value is -2.91. The fraction of sp³-hybridized carbons (Fsp3) is 0.190. The predicted octanol–water partition coefficient (Wildman–Crippen LogP) is 4.29. The molecule has 1 aromatic heterocycles. The number of thiophene rings is 1. The summed E-state index contributed by atoms with van der Waals surface area (Å²) in [7, 11) is -2.74. The van der Waals surface area contributed by atoms with Crippen LogP contribution in [0.5, 0.6) is 5.75 Å². The number of rotatable bonds is 5. The first-order chi connectivity index (χ1) is 14.4. The minimum atomic E-state index is -4.06. The van der Waals surface area contributed by atoms with Crippen molar-refractivity contribution in [2.45, 2.75) is 17.7 Å². The lowest BCUT2D eigenvalue weighted by Crippen LogP contribution is -2.35. The molecule has 0 radical (unpaired) electrons. The van der Waals surface area contributed by atoms with Gasteiger partial charge in [0.05, 0.1) is 12.0 Å². The van der Waals surface area contributed by atoms with Crippen LogP contribution in [-0.4, -0.2) is 28.0 Å². The number of nitrogens with one attached hydrogen (secondary N) is 1. The number of hydrogen-bond donors (Lipinski definition) is 1. The molecule has 0 bridgehead atoms. The van der Waals surface area contributed by atoms with Gasteiger partial charge < -0.3 is 9.64 Å². The zero-order valence-corrected chi connectivity index (χ0v) is 17.7. The van der Waals surface area contributed by atoms with Crippen LogP contribution in [0.15, 0.2) is 58.8 Å². The van der Waals surface area contributed by atoms with Gasteiger partial charge in [0.25, 0.3) is 15.9 Å². The van der Waals surface area contributed by atoms with E-state index >= 15 is 0 Å². The topological polar surface area (TPSA) is 75.7 Å². The summed E-state index contributed by atoms with van der Waals surface area (Å²) in [4.78, 5) is 14.9. The van der Waals surface area contributed by atoms with Gasteiger partial charge in [-0.3, -0.25) is 9.52 Å². The maximum atomic E-state index is 13.6. The Labute approximate surface area is 178 Å². The number of ether oxygens (including phenoxy) is 1. The third-order valence-corrected chi connectivity index (χ3v) is 7.10. The summed E-state index contributed by atoms with van der Waals surface area (Å²) in [6, 6.07) is 12.0. The molecule has 0 spiro atoms. The van der Waals surface area contributed by atoms with E-state index in [1.165, 1.54) is 24.5 Å². The Balaban J connectivity index is 1.63. The van der Waals surface area contributed by atoms with Crippen LogP contribution in [0, 0.1) is 5.82 Å². The molecule has 2 heterocycles. The van der Waals surface area contributed by atoms with Crippen molar-refractivity contribution < 1.29 is 22.3 Å². The zero-order chi connectivity index (χ0) is 21.3. The van der Waals surface area contributed by atoms with Crippen molar-refractivity contribution in [3.05, 3.63) is 70.2 Å². The molecule has 0 atom stereocenters. The van der Waals surface area contributed by atoms with Crippen molar-refractivity contribution in [3.63, 3.8) is 0 Å². The van der Waals surface area contributed by atoms with E-state index in [2.05, 4.69) is 4.72 Å². The van der Waals surface area contributed by atoms with Crippen LogP contribution in [0.4, 0.5) is 15.8 Å². The molecule has 0 unspecified atom stereocenters. The second-order valence-electron chi connectivity index (χ2n) is 6.78. The molecule has 0 aliphatic carbocycles. The van der Waals surface area contributed by atoms with E-state index < -0.39 is 15.8 Å². The van der Waals surface area contributed by atoms with Crippen molar-refractivity contribution in [3.8, 4) is 5.75 Å². The SMILES string of the molecule is COc1ccc(F)cc1S(=O)(=O)Nc1ccc2c(c1)CCCN2C(=O)c1cccs1. The molecular formula is C21H19FN2O4S2. The highest BCUT2D eigenvalue weighted by Crippen LogP contribution is 2.33. The van der Waals surface area contributed by atoms with Crippen LogP contribution < -0.4 is 14.4 Å². The quantitative estimate of drug-likeness (QED) is 0.634. The third-order valence-electron chi connectivity index (χ3n) is 4.84.